The second kappa shape index (κ2) is 5.68. The summed E-state index contributed by atoms with van der Waals surface area (Å²) in [7, 11) is 0. The van der Waals surface area contributed by atoms with Gasteiger partial charge in [-0.2, -0.15) is 0 Å². The van der Waals surface area contributed by atoms with Crippen molar-refractivity contribution >= 4 is 0 Å². The molecule has 2 heterocycles. The van der Waals surface area contributed by atoms with E-state index < -0.39 is 0 Å². The molecule has 0 aromatic carbocycles. The number of likely N-dealkylation sites (tertiary alicyclic amines) is 1. The molecule has 2 fully saturated rings. The van der Waals surface area contributed by atoms with Crippen LogP contribution in [0.2, 0.25) is 0 Å². The van der Waals surface area contributed by atoms with Crippen LogP contribution in [0.1, 0.15) is 39.5 Å². The van der Waals surface area contributed by atoms with Gasteiger partial charge < -0.3 is 10.5 Å². The van der Waals surface area contributed by atoms with Crippen LogP contribution in [0.3, 0.4) is 0 Å². The first-order valence-corrected chi connectivity index (χ1v) is 7.21. The lowest BCUT2D eigenvalue weighted by Crippen LogP contribution is -2.58. The molecule has 2 aliphatic heterocycles. The molecule has 2 N–H and O–H groups in total. The number of nitrogens with zero attached hydrogens (tertiary/aromatic N) is 1. The van der Waals surface area contributed by atoms with Gasteiger partial charge in [0.15, 0.2) is 0 Å². The number of piperidine rings is 1. The maximum atomic E-state index is 6.12. The molecule has 2 aliphatic rings. The predicted octanol–water partition coefficient (Wildman–Crippen LogP) is 1.86. The monoisotopic (exact) mass is 240 g/mol. The lowest BCUT2D eigenvalue weighted by Gasteiger charge is -2.48. The molecule has 0 amide bonds. The Balaban J connectivity index is 2.05. The van der Waals surface area contributed by atoms with Crippen molar-refractivity contribution in [2.24, 2.45) is 17.6 Å². The van der Waals surface area contributed by atoms with Crippen LogP contribution in [-0.4, -0.2) is 43.3 Å². The summed E-state index contributed by atoms with van der Waals surface area (Å²) in [5, 5.41) is 0. The molecular weight excluding hydrogens is 212 g/mol. The molecule has 2 saturated heterocycles. The smallest absolute Gasteiger partial charge is 0.0484 e. The van der Waals surface area contributed by atoms with E-state index in [-0.39, 0.29) is 5.54 Å². The van der Waals surface area contributed by atoms with Gasteiger partial charge in [0.2, 0.25) is 0 Å². The van der Waals surface area contributed by atoms with Crippen molar-refractivity contribution in [1.29, 1.82) is 0 Å². The van der Waals surface area contributed by atoms with Gasteiger partial charge in [0.05, 0.1) is 0 Å². The fourth-order valence-electron chi connectivity index (χ4n) is 3.34. The van der Waals surface area contributed by atoms with Crippen LogP contribution >= 0.6 is 0 Å². The fraction of sp³-hybridized carbons (Fsp3) is 1.00. The van der Waals surface area contributed by atoms with E-state index in [4.69, 9.17) is 10.5 Å². The fourth-order valence-corrected chi connectivity index (χ4v) is 3.34. The maximum absolute atomic E-state index is 6.12. The minimum Gasteiger partial charge on any atom is -0.381 e. The molecule has 0 spiro atoms. The van der Waals surface area contributed by atoms with Crippen molar-refractivity contribution in [2.45, 2.75) is 45.1 Å². The average molecular weight is 240 g/mol. The van der Waals surface area contributed by atoms with Crippen LogP contribution in [0.25, 0.3) is 0 Å². The quantitative estimate of drug-likeness (QED) is 0.801. The Kier molecular flexibility index (Phi) is 4.45. The third-order valence-electron chi connectivity index (χ3n) is 5.03. The summed E-state index contributed by atoms with van der Waals surface area (Å²) in [6.07, 6.45) is 4.82. The predicted molar refractivity (Wildman–Crippen MR) is 71.0 cm³/mol. The molecule has 0 bridgehead atoms. The molecular formula is C14H28N2O. The Morgan fingerprint density at radius 1 is 1.24 bits per heavy atom. The van der Waals surface area contributed by atoms with Gasteiger partial charge in [0.1, 0.15) is 0 Å². The van der Waals surface area contributed by atoms with Crippen molar-refractivity contribution in [1.82, 2.24) is 4.90 Å². The molecule has 0 aromatic heterocycles. The first kappa shape index (κ1) is 13.3. The molecule has 2 rings (SSSR count). The Hall–Kier alpha value is -0.120. The van der Waals surface area contributed by atoms with Crippen LogP contribution in [0.5, 0.6) is 0 Å². The summed E-state index contributed by atoms with van der Waals surface area (Å²) < 4.78 is 5.61. The first-order valence-electron chi connectivity index (χ1n) is 7.21. The van der Waals surface area contributed by atoms with Gasteiger partial charge >= 0.3 is 0 Å². The third-order valence-corrected chi connectivity index (χ3v) is 5.03. The largest absolute Gasteiger partial charge is 0.381 e. The Morgan fingerprint density at radius 2 is 2.06 bits per heavy atom. The zero-order chi connectivity index (χ0) is 12.3. The summed E-state index contributed by atoms with van der Waals surface area (Å²) in [4.78, 5) is 2.67. The average Bonchev–Trinajstić information content (AvgIpc) is 2.59. The highest BCUT2D eigenvalue weighted by Gasteiger charge is 2.39. The van der Waals surface area contributed by atoms with Crippen molar-refractivity contribution in [3.63, 3.8) is 0 Å². The van der Waals surface area contributed by atoms with Crippen molar-refractivity contribution in [3.8, 4) is 0 Å². The van der Waals surface area contributed by atoms with E-state index in [0.717, 1.165) is 44.4 Å². The van der Waals surface area contributed by atoms with Crippen LogP contribution in [-0.2, 0) is 4.74 Å². The Bertz CT molecular complexity index is 236. The lowest BCUT2D eigenvalue weighted by atomic mass is 9.82. The van der Waals surface area contributed by atoms with Gasteiger partial charge in [-0.25, -0.2) is 0 Å². The molecule has 0 aliphatic carbocycles. The minimum atomic E-state index is 0.227. The summed E-state index contributed by atoms with van der Waals surface area (Å²) in [5.41, 5.74) is 6.35. The minimum absolute atomic E-state index is 0.227. The van der Waals surface area contributed by atoms with Crippen LogP contribution in [0, 0.1) is 11.8 Å². The van der Waals surface area contributed by atoms with E-state index >= 15 is 0 Å². The first-order chi connectivity index (χ1) is 8.18. The molecule has 0 aromatic rings. The molecule has 17 heavy (non-hydrogen) atoms. The number of hydrogen-bond donors (Lipinski definition) is 1. The molecule has 100 valence electrons. The summed E-state index contributed by atoms with van der Waals surface area (Å²) in [6.45, 7) is 9.80. The standard InChI is InChI=1S/C14H28N2O/c1-12-4-7-16(10-13(12)2)14(11-15)5-3-8-17-9-6-14/h12-13H,3-11,15H2,1-2H3. The number of ether oxygens (including phenoxy) is 1. The molecule has 3 atom stereocenters. The third kappa shape index (κ3) is 2.83. The summed E-state index contributed by atoms with van der Waals surface area (Å²) >= 11 is 0. The van der Waals surface area contributed by atoms with E-state index in [1.54, 1.807) is 0 Å². The van der Waals surface area contributed by atoms with Crippen molar-refractivity contribution in [3.05, 3.63) is 0 Å². The lowest BCUT2D eigenvalue weighted by molar-refractivity contribution is 0.0167. The van der Waals surface area contributed by atoms with Gasteiger partial charge in [-0.1, -0.05) is 13.8 Å². The Morgan fingerprint density at radius 3 is 2.76 bits per heavy atom. The number of rotatable bonds is 2. The van der Waals surface area contributed by atoms with Crippen LogP contribution < -0.4 is 5.73 Å². The molecule has 3 nitrogen and oxygen atoms in total. The molecule has 0 saturated carbocycles. The zero-order valence-corrected chi connectivity index (χ0v) is 11.5. The van der Waals surface area contributed by atoms with Crippen LogP contribution in [0.15, 0.2) is 0 Å². The number of hydrogen-bond acceptors (Lipinski definition) is 3. The highest BCUT2D eigenvalue weighted by atomic mass is 16.5. The van der Waals surface area contributed by atoms with Gasteiger partial charge in [0.25, 0.3) is 0 Å². The molecule has 3 heteroatoms. The zero-order valence-electron chi connectivity index (χ0n) is 11.5. The normalized spacial score (nSPS) is 41.1. The van der Waals surface area contributed by atoms with Gasteiger partial charge in [-0.15, -0.1) is 0 Å². The maximum Gasteiger partial charge on any atom is 0.0484 e. The SMILES string of the molecule is CC1CCN(C2(CN)CCCOCC2)CC1C. The number of nitrogens with two attached hydrogens (primary N) is 1. The van der Waals surface area contributed by atoms with Crippen molar-refractivity contribution < 1.29 is 4.74 Å². The van der Waals surface area contributed by atoms with Gasteiger partial charge in [-0.3, -0.25) is 4.90 Å². The van der Waals surface area contributed by atoms with Crippen LogP contribution in [0.4, 0.5) is 0 Å². The van der Waals surface area contributed by atoms with E-state index in [9.17, 15) is 0 Å². The second-order valence-corrected chi connectivity index (χ2v) is 6.08. The topological polar surface area (TPSA) is 38.5 Å². The second-order valence-electron chi connectivity index (χ2n) is 6.08. The van der Waals surface area contributed by atoms with E-state index in [1.165, 1.54) is 25.9 Å². The van der Waals surface area contributed by atoms with E-state index in [2.05, 4.69) is 18.7 Å². The Labute approximate surface area is 106 Å². The summed E-state index contributed by atoms with van der Waals surface area (Å²) in [6, 6.07) is 0. The highest BCUT2D eigenvalue weighted by Crippen LogP contribution is 2.33. The molecule has 0 radical (unpaired) electrons. The van der Waals surface area contributed by atoms with E-state index in [1.807, 2.05) is 0 Å². The van der Waals surface area contributed by atoms with Crippen molar-refractivity contribution in [2.75, 3.05) is 32.8 Å². The molecule has 3 unspecified atom stereocenters. The van der Waals surface area contributed by atoms with Gasteiger partial charge in [-0.05, 0) is 44.1 Å². The van der Waals surface area contributed by atoms with Gasteiger partial charge in [0, 0.05) is 31.8 Å². The highest BCUT2D eigenvalue weighted by molar-refractivity contribution is 4.95. The summed E-state index contributed by atoms with van der Waals surface area (Å²) in [5.74, 6) is 1.67. The van der Waals surface area contributed by atoms with E-state index in [0.29, 0.717) is 0 Å².